The van der Waals surface area contributed by atoms with Crippen molar-refractivity contribution in [2.75, 3.05) is 36.8 Å². The van der Waals surface area contributed by atoms with Crippen molar-refractivity contribution in [2.24, 2.45) is 0 Å². The first-order valence-electron chi connectivity index (χ1n) is 12.2. The number of carbonyl (C=O) groups excluding carboxylic acids is 1. The van der Waals surface area contributed by atoms with Crippen LogP contribution in [0.3, 0.4) is 0 Å². The number of nitrogens with zero attached hydrogens (tertiary/aromatic N) is 3. The number of halogens is 4. The molecule has 0 saturated carbocycles. The number of nitrogens with two attached hydrogens (primary N) is 1. The number of rotatable bonds is 4. The number of carbonyl (C=O) groups is 1. The van der Waals surface area contributed by atoms with Crippen molar-refractivity contribution in [3.05, 3.63) is 65.6 Å². The molecule has 2 bridgehead atoms. The fourth-order valence-electron chi connectivity index (χ4n) is 5.83. The number of nitrogens with one attached hydrogen (secondary N) is 1. The van der Waals surface area contributed by atoms with Crippen LogP contribution in [0, 0.1) is 5.82 Å². The van der Waals surface area contributed by atoms with E-state index in [1.54, 1.807) is 18.3 Å². The van der Waals surface area contributed by atoms with Crippen LogP contribution >= 0.6 is 0 Å². The highest BCUT2D eigenvalue weighted by Crippen LogP contribution is 2.38. The van der Waals surface area contributed by atoms with Crippen molar-refractivity contribution >= 4 is 17.4 Å². The molecule has 3 N–H and O–H groups in total. The lowest BCUT2D eigenvalue weighted by Crippen LogP contribution is -2.49. The molecule has 2 saturated heterocycles. The van der Waals surface area contributed by atoms with E-state index in [0.717, 1.165) is 28.8 Å². The lowest BCUT2D eigenvalue weighted by Gasteiger charge is -2.35. The zero-order valence-corrected chi connectivity index (χ0v) is 19.9. The summed E-state index contributed by atoms with van der Waals surface area (Å²) < 4.78 is 53.5. The number of amides is 1. The number of hydrogen-bond acceptors (Lipinski definition) is 5. The predicted molar refractivity (Wildman–Crippen MR) is 133 cm³/mol. The summed E-state index contributed by atoms with van der Waals surface area (Å²) in [5, 5.41) is 2.72. The summed E-state index contributed by atoms with van der Waals surface area (Å²) in [6, 6.07) is 12.5. The minimum atomic E-state index is -4.18. The van der Waals surface area contributed by atoms with Gasteiger partial charge in [-0.05, 0) is 54.3 Å². The third-order valence-corrected chi connectivity index (χ3v) is 7.59. The van der Waals surface area contributed by atoms with Crippen LogP contribution < -0.4 is 16.0 Å². The Morgan fingerprint density at radius 3 is 2.49 bits per heavy atom. The molecule has 2 fully saturated rings. The maximum atomic E-state index is 15.0. The molecule has 2 atom stereocenters. The summed E-state index contributed by atoms with van der Waals surface area (Å²) in [5.74, 6) is -0.637. The largest absolute Gasteiger partial charge is 0.401 e. The molecule has 0 radical (unpaired) electrons. The molecule has 0 aliphatic carbocycles. The summed E-state index contributed by atoms with van der Waals surface area (Å²) in [4.78, 5) is 20.1. The van der Waals surface area contributed by atoms with Gasteiger partial charge in [0.25, 0.3) is 5.91 Å². The first-order valence-corrected chi connectivity index (χ1v) is 12.2. The van der Waals surface area contributed by atoms with Crippen LogP contribution in [0.5, 0.6) is 0 Å². The van der Waals surface area contributed by atoms with Crippen LogP contribution in [0.15, 0.2) is 48.7 Å². The minimum absolute atomic E-state index is 0.0667. The van der Waals surface area contributed by atoms with E-state index in [2.05, 4.69) is 15.2 Å². The highest BCUT2D eigenvalue weighted by molar-refractivity contribution is 5.97. The normalized spacial score (nSPS) is 21.3. The molecule has 10 heteroatoms. The van der Waals surface area contributed by atoms with Crippen LogP contribution in [-0.2, 0) is 6.42 Å². The Balaban J connectivity index is 1.24. The van der Waals surface area contributed by atoms with E-state index in [-0.39, 0.29) is 23.8 Å². The Bertz CT molecular complexity index is 1370. The van der Waals surface area contributed by atoms with Crippen LogP contribution in [-0.4, -0.2) is 60.2 Å². The van der Waals surface area contributed by atoms with Gasteiger partial charge in [0, 0.05) is 65.9 Å². The van der Waals surface area contributed by atoms with Crippen molar-refractivity contribution in [1.29, 1.82) is 0 Å². The SMILES string of the molecule is Nc1ncc(-c2ccc(N3C[C@@H]4C[C@H]3CN4CC(F)(F)F)cc2)cc1-c1cc2c(cc1F)C(=O)NCC2. The second-order valence-electron chi connectivity index (χ2n) is 9.94. The Kier molecular flexibility index (Phi) is 5.59. The fraction of sp³-hybridized carbons (Fsp3) is 0.333. The number of aromatic nitrogens is 1. The lowest BCUT2D eigenvalue weighted by atomic mass is 9.93. The van der Waals surface area contributed by atoms with Crippen molar-refractivity contribution in [3.8, 4) is 22.3 Å². The van der Waals surface area contributed by atoms with Gasteiger partial charge in [-0.1, -0.05) is 12.1 Å². The number of hydrogen-bond donors (Lipinski definition) is 2. The van der Waals surface area contributed by atoms with Gasteiger partial charge in [-0.3, -0.25) is 9.69 Å². The molecule has 37 heavy (non-hydrogen) atoms. The van der Waals surface area contributed by atoms with Crippen LogP contribution in [0.25, 0.3) is 22.3 Å². The van der Waals surface area contributed by atoms with E-state index in [4.69, 9.17) is 5.73 Å². The van der Waals surface area contributed by atoms with Crippen LogP contribution in [0.4, 0.5) is 29.1 Å². The molecule has 6 nitrogen and oxygen atoms in total. The van der Waals surface area contributed by atoms with Gasteiger partial charge in [-0.15, -0.1) is 0 Å². The molecule has 3 aliphatic rings. The van der Waals surface area contributed by atoms with Crippen molar-refractivity contribution < 1.29 is 22.4 Å². The van der Waals surface area contributed by atoms with Crippen LogP contribution in [0.1, 0.15) is 22.3 Å². The number of anilines is 2. The lowest BCUT2D eigenvalue weighted by molar-refractivity contribution is -0.148. The molecule has 0 spiro atoms. The first-order chi connectivity index (χ1) is 17.7. The Morgan fingerprint density at radius 2 is 1.78 bits per heavy atom. The van der Waals surface area contributed by atoms with E-state index < -0.39 is 18.5 Å². The van der Waals surface area contributed by atoms with E-state index in [9.17, 15) is 18.0 Å². The maximum Gasteiger partial charge on any atom is 0.401 e. The van der Waals surface area contributed by atoms with E-state index in [1.165, 1.54) is 11.0 Å². The van der Waals surface area contributed by atoms with Crippen LogP contribution in [0.2, 0.25) is 0 Å². The number of likely N-dealkylation sites (tertiary alicyclic amines) is 1. The zero-order chi connectivity index (χ0) is 25.9. The Morgan fingerprint density at radius 1 is 1.00 bits per heavy atom. The molecule has 6 rings (SSSR count). The van der Waals surface area contributed by atoms with Gasteiger partial charge in [0.1, 0.15) is 11.6 Å². The highest BCUT2D eigenvalue weighted by Gasteiger charge is 2.46. The summed E-state index contributed by atoms with van der Waals surface area (Å²) in [5.41, 5.74) is 10.6. The second kappa shape index (κ2) is 8.72. The minimum Gasteiger partial charge on any atom is -0.383 e. The van der Waals surface area contributed by atoms with E-state index >= 15 is 4.39 Å². The molecule has 3 aliphatic heterocycles. The number of pyridine rings is 1. The summed E-state index contributed by atoms with van der Waals surface area (Å²) in [6.07, 6.45) is -1.21. The third-order valence-electron chi connectivity index (χ3n) is 7.59. The van der Waals surface area contributed by atoms with Gasteiger partial charge in [0.05, 0.1) is 6.54 Å². The molecule has 1 aromatic heterocycles. The quantitative estimate of drug-likeness (QED) is 0.513. The monoisotopic (exact) mass is 511 g/mol. The summed E-state index contributed by atoms with van der Waals surface area (Å²) in [7, 11) is 0. The third kappa shape index (κ3) is 4.39. The smallest absolute Gasteiger partial charge is 0.383 e. The zero-order valence-electron chi connectivity index (χ0n) is 19.9. The molecule has 1 amide bonds. The van der Waals surface area contributed by atoms with Gasteiger partial charge in [0.2, 0.25) is 0 Å². The van der Waals surface area contributed by atoms with Crippen molar-refractivity contribution in [1.82, 2.24) is 15.2 Å². The van der Waals surface area contributed by atoms with Gasteiger partial charge in [-0.25, -0.2) is 9.37 Å². The first kappa shape index (κ1) is 23.7. The number of benzene rings is 2. The fourth-order valence-corrected chi connectivity index (χ4v) is 5.83. The second-order valence-corrected chi connectivity index (χ2v) is 9.94. The van der Waals surface area contributed by atoms with E-state index in [1.807, 2.05) is 24.3 Å². The molecule has 4 heterocycles. The van der Waals surface area contributed by atoms with Crippen molar-refractivity contribution in [2.45, 2.75) is 31.1 Å². The average Bonchev–Trinajstić information content (AvgIpc) is 3.44. The average molecular weight is 512 g/mol. The Hall–Kier alpha value is -3.66. The topological polar surface area (TPSA) is 74.5 Å². The molecule has 192 valence electrons. The molecule has 0 unspecified atom stereocenters. The van der Waals surface area contributed by atoms with Gasteiger partial charge >= 0.3 is 6.18 Å². The summed E-state index contributed by atoms with van der Waals surface area (Å²) in [6.45, 7) is 0.621. The van der Waals surface area contributed by atoms with Gasteiger partial charge in [-0.2, -0.15) is 13.2 Å². The van der Waals surface area contributed by atoms with E-state index in [0.29, 0.717) is 42.7 Å². The Labute approximate surface area is 211 Å². The summed E-state index contributed by atoms with van der Waals surface area (Å²) >= 11 is 0. The predicted octanol–water partition coefficient (Wildman–Crippen LogP) is 4.25. The molecule has 2 aromatic carbocycles. The highest BCUT2D eigenvalue weighted by atomic mass is 19.4. The molecular formula is C27H25F4N5O. The van der Waals surface area contributed by atoms with Gasteiger partial charge in [0.15, 0.2) is 0 Å². The van der Waals surface area contributed by atoms with Crippen molar-refractivity contribution in [3.63, 3.8) is 0 Å². The number of alkyl halides is 3. The number of piperazine rings is 1. The molecule has 3 aromatic rings. The number of fused-ring (bicyclic) bond motifs is 3. The molecular weight excluding hydrogens is 486 g/mol. The standard InChI is InChI=1S/C27H25F4N5O/c28-24-10-21-16(5-6-33-26(21)37)7-22(24)23-8-17(11-34-25(23)32)15-1-3-18(4-2-15)36-13-19-9-20(36)12-35(19)14-27(29,30)31/h1-4,7-8,10-11,19-20H,5-6,9,12-14H2,(H2,32,34)(H,33,37)/t19-,20-/m0/s1. The van der Waals surface area contributed by atoms with Gasteiger partial charge < -0.3 is 16.0 Å². The maximum absolute atomic E-state index is 15.0. The number of nitrogen functional groups attached to an aromatic ring is 1.